The number of nitrogen functional groups attached to an aromatic ring is 1. The van der Waals surface area contributed by atoms with Crippen LogP contribution in [-0.2, 0) is 13.8 Å². The van der Waals surface area contributed by atoms with Crippen LogP contribution >= 0.6 is 7.82 Å². The van der Waals surface area contributed by atoms with Gasteiger partial charge in [0.25, 0.3) is 0 Å². The molecule has 12 heteroatoms. The van der Waals surface area contributed by atoms with E-state index in [1.165, 1.54) is 6.07 Å². The van der Waals surface area contributed by atoms with Crippen LogP contribution in [0.4, 0.5) is 5.82 Å². The van der Waals surface area contributed by atoms with Crippen LogP contribution in [0.5, 0.6) is 0 Å². The lowest BCUT2D eigenvalue weighted by Crippen LogP contribution is -2.35. The van der Waals surface area contributed by atoms with Crippen LogP contribution in [0.3, 0.4) is 0 Å². The first-order chi connectivity index (χ1) is 9.19. The SMILES string of the molecule is Nc1ccn([C@@H]2OC(OP(=O)(O)O)[C@@H](O)[C@H]2O)c(=O)n1. The molecule has 0 aromatic carbocycles. The van der Waals surface area contributed by atoms with Gasteiger partial charge in [-0.15, -0.1) is 0 Å². The molecule has 0 spiro atoms. The molecule has 4 atom stereocenters. The summed E-state index contributed by atoms with van der Waals surface area (Å²) in [4.78, 5) is 32.3. The van der Waals surface area contributed by atoms with E-state index in [0.29, 0.717) is 0 Å². The third-order valence-corrected chi connectivity index (χ3v) is 3.04. The second kappa shape index (κ2) is 5.22. The molecule has 1 unspecified atom stereocenters. The zero-order valence-electron chi connectivity index (χ0n) is 9.80. The van der Waals surface area contributed by atoms with E-state index >= 15 is 0 Å². The number of phosphoric acid groups is 1. The fourth-order valence-corrected chi connectivity index (χ4v) is 2.15. The van der Waals surface area contributed by atoms with Crippen LogP contribution in [0.2, 0.25) is 0 Å². The number of phosphoric ester groups is 1. The average molecular weight is 309 g/mol. The Morgan fingerprint density at radius 3 is 2.60 bits per heavy atom. The third kappa shape index (κ3) is 3.04. The van der Waals surface area contributed by atoms with E-state index in [1.54, 1.807) is 0 Å². The van der Waals surface area contributed by atoms with Crippen molar-refractivity contribution in [3.8, 4) is 0 Å². The molecule has 6 N–H and O–H groups in total. The number of anilines is 1. The summed E-state index contributed by atoms with van der Waals surface area (Å²) in [6, 6.07) is 1.25. The monoisotopic (exact) mass is 309 g/mol. The van der Waals surface area contributed by atoms with E-state index in [9.17, 15) is 19.6 Å². The number of aliphatic hydroxyl groups excluding tert-OH is 2. The summed E-state index contributed by atoms with van der Waals surface area (Å²) >= 11 is 0. The minimum atomic E-state index is -4.94. The molecule has 112 valence electrons. The Labute approximate surface area is 111 Å². The van der Waals surface area contributed by atoms with Crippen molar-refractivity contribution in [2.24, 2.45) is 0 Å². The summed E-state index contributed by atoms with van der Waals surface area (Å²) in [7, 11) is -4.94. The molecule has 0 radical (unpaired) electrons. The normalized spacial score (nSPS) is 30.6. The zero-order chi connectivity index (χ0) is 15.1. The summed E-state index contributed by atoms with van der Waals surface area (Å²) in [5.41, 5.74) is 4.43. The van der Waals surface area contributed by atoms with Gasteiger partial charge in [0, 0.05) is 6.20 Å². The van der Waals surface area contributed by atoms with Gasteiger partial charge in [-0.05, 0) is 6.07 Å². The molecule has 1 aliphatic rings. The smallest absolute Gasteiger partial charge is 0.385 e. The Bertz CT molecular complexity index is 600. The average Bonchev–Trinajstić information content (AvgIpc) is 2.56. The molecule has 1 fully saturated rings. The fraction of sp³-hybridized carbons (Fsp3) is 0.500. The van der Waals surface area contributed by atoms with Gasteiger partial charge < -0.3 is 30.5 Å². The number of hydrogen-bond donors (Lipinski definition) is 5. The van der Waals surface area contributed by atoms with Crippen molar-refractivity contribution >= 4 is 13.6 Å². The highest BCUT2D eigenvalue weighted by molar-refractivity contribution is 7.46. The van der Waals surface area contributed by atoms with E-state index in [1.807, 2.05) is 0 Å². The molecule has 0 amide bonds. The maximum absolute atomic E-state index is 11.6. The number of aromatic nitrogens is 2. The third-order valence-electron chi connectivity index (χ3n) is 2.56. The maximum atomic E-state index is 11.6. The second-order valence-corrected chi connectivity index (χ2v) is 5.21. The summed E-state index contributed by atoms with van der Waals surface area (Å²) in [6.07, 6.45) is -5.44. The summed E-state index contributed by atoms with van der Waals surface area (Å²) in [5.74, 6) is -0.0534. The first-order valence-electron chi connectivity index (χ1n) is 5.29. The molecule has 2 heterocycles. The molecule has 11 nitrogen and oxygen atoms in total. The molecule has 20 heavy (non-hydrogen) atoms. The van der Waals surface area contributed by atoms with Crippen LogP contribution in [0.25, 0.3) is 0 Å². The molecule has 1 aromatic heterocycles. The molecule has 0 bridgehead atoms. The lowest BCUT2D eigenvalue weighted by Gasteiger charge is -2.16. The molecule has 2 rings (SSSR count). The van der Waals surface area contributed by atoms with Crippen molar-refractivity contribution < 1.29 is 33.8 Å². The largest absolute Gasteiger partial charge is 0.472 e. The molecule has 0 saturated carbocycles. The maximum Gasteiger partial charge on any atom is 0.472 e. The Balaban J connectivity index is 2.26. The number of aliphatic hydroxyl groups is 2. The van der Waals surface area contributed by atoms with Crippen LogP contribution in [0.1, 0.15) is 6.23 Å². The van der Waals surface area contributed by atoms with E-state index in [4.69, 9.17) is 20.3 Å². The zero-order valence-corrected chi connectivity index (χ0v) is 10.7. The van der Waals surface area contributed by atoms with Crippen molar-refractivity contribution in [2.45, 2.75) is 24.7 Å². The quantitative estimate of drug-likeness (QED) is 0.375. The van der Waals surface area contributed by atoms with Crippen LogP contribution < -0.4 is 11.4 Å². The van der Waals surface area contributed by atoms with Gasteiger partial charge in [-0.25, -0.2) is 9.36 Å². The minimum Gasteiger partial charge on any atom is -0.385 e. The highest BCUT2D eigenvalue weighted by Gasteiger charge is 2.47. The highest BCUT2D eigenvalue weighted by Crippen LogP contribution is 2.42. The van der Waals surface area contributed by atoms with Crippen LogP contribution in [0, 0.1) is 0 Å². The highest BCUT2D eigenvalue weighted by atomic mass is 31.2. The topological polar surface area (TPSA) is 177 Å². The van der Waals surface area contributed by atoms with Gasteiger partial charge in [0.15, 0.2) is 12.5 Å². The van der Waals surface area contributed by atoms with E-state index < -0.39 is 38.2 Å². The van der Waals surface area contributed by atoms with Crippen molar-refractivity contribution in [1.29, 1.82) is 0 Å². The first kappa shape index (κ1) is 15.1. The predicted molar refractivity (Wildman–Crippen MR) is 62.0 cm³/mol. The summed E-state index contributed by atoms with van der Waals surface area (Å²) in [5, 5.41) is 19.3. The Kier molecular flexibility index (Phi) is 3.93. The molecular weight excluding hydrogens is 297 g/mol. The van der Waals surface area contributed by atoms with E-state index in [2.05, 4.69) is 9.51 Å². The van der Waals surface area contributed by atoms with Gasteiger partial charge >= 0.3 is 13.5 Å². The molecular formula is C8H12N3O8P. The lowest BCUT2D eigenvalue weighted by molar-refractivity contribution is -0.135. The summed E-state index contributed by atoms with van der Waals surface area (Å²) < 4.78 is 20.6. The van der Waals surface area contributed by atoms with Gasteiger partial charge in [-0.1, -0.05) is 0 Å². The van der Waals surface area contributed by atoms with Gasteiger partial charge in [-0.3, -0.25) is 9.09 Å². The van der Waals surface area contributed by atoms with Crippen molar-refractivity contribution in [3.05, 3.63) is 22.7 Å². The number of nitrogens with zero attached hydrogens (tertiary/aromatic N) is 2. The summed E-state index contributed by atoms with van der Waals surface area (Å²) in [6.45, 7) is 0. The van der Waals surface area contributed by atoms with Gasteiger partial charge in [0.05, 0.1) is 0 Å². The van der Waals surface area contributed by atoms with Crippen LogP contribution in [0.15, 0.2) is 17.1 Å². The standard InChI is InChI=1S/C8H12N3O8P/c9-3-1-2-11(8(14)10-3)6-4(12)5(13)7(18-6)19-20(15,16)17/h1-2,4-7,12-13H,(H2,9,10,14)(H2,15,16,17)/t4-,5+,6-,7?/m1/s1. The molecule has 1 aliphatic heterocycles. The van der Waals surface area contributed by atoms with Gasteiger partial charge in [0.1, 0.15) is 18.0 Å². The second-order valence-electron chi connectivity index (χ2n) is 4.01. The number of rotatable bonds is 3. The Hall–Kier alpha value is -1.33. The first-order valence-corrected chi connectivity index (χ1v) is 6.82. The predicted octanol–water partition coefficient (Wildman–Crippen LogP) is -2.49. The van der Waals surface area contributed by atoms with Gasteiger partial charge in [-0.2, -0.15) is 4.98 Å². The number of ether oxygens (including phenoxy) is 1. The fourth-order valence-electron chi connectivity index (χ4n) is 1.70. The Morgan fingerprint density at radius 1 is 1.40 bits per heavy atom. The van der Waals surface area contributed by atoms with Crippen molar-refractivity contribution in [3.63, 3.8) is 0 Å². The van der Waals surface area contributed by atoms with Crippen LogP contribution in [-0.4, -0.2) is 48.0 Å². The minimum absolute atomic E-state index is 0.0534. The van der Waals surface area contributed by atoms with Crippen molar-refractivity contribution in [1.82, 2.24) is 9.55 Å². The van der Waals surface area contributed by atoms with Gasteiger partial charge in [0.2, 0.25) is 0 Å². The number of nitrogens with two attached hydrogens (primary N) is 1. The van der Waals surface area contributed by atoms with E-state index in [0.717, 1.165) is 10.8 Å². The molecule has 1 aromatic rings. The number of hydrogen-bond acceptors (Lipinski definition) is 8. The van der Waals surface area contributed by atoms with E-state index in [-0.39, 0.29) is 5.82 Å². The lowest BCUT2D eigenvalue weighted by atomic mass is 10.2. The Morgan fingerprint density at radius 2 is 2.05 bits per heavy atom. The van der Waals surface area contributed by atoms with Crippen molar-refractivity contribution in [2.75, 3.05) is 5.73 Å². The molecule has 0 aliphatic carbocycles. The molecule has 1 saturated heterocycles.